The van der Waals surface area contributed by atoms with Gasteiger partial charge in [-0.15, -0.1) is 0 Å². The van der Waals surface area contributed by atoms with Gasteiger partial charge in [-0.2, -0.15) is 15.1 Å². The predicted octanol–water partition coefficient (Wildman–Crippen LogP) is 4.29. The number of aromatic amines is 2. The Hall–Kier alpha value is -3.31. The van der Waals surface area contributed by atoms with Crippen molar-refractivity contribution in [1.82, 2.24) is 25.1 Å². The van der Waals surface area contributed by atoms with Gasteiger partial charge in [0.05, 0.1) is 16.5 Å². The molecule has 6 rings (SSSR count). The molecule has 35 heavy (non-hydrogen) atoms. The zero-order chi connectivity index (χ0) is 24.2. The average Bonchev–Trinajstić information content (AvgIpc) is 3.44. The Bertz CT molecular complexity index is 1510. The molecule has 1 aromatic carbocycles. The largest absolute Gasteiger partial charge is 0.423 e. The molecular weight excluding hydrogens is 490 g/mol. The maximum Gasteiger partial charge on any atom is 0.325 e. The Kier molecular flexibility index (Phi) is 5.33. The van der Waals surface area contributed by atoms with Crippen LogP contribution < -0.4 is 15.0 Å². The summed E-state index contributed by atoms with van der Waals surface area (Å²) in [6.45, 7) is 2.66. The van der Waals surface area contributed by atoms with Crippen LogP contribution in [0.3, 0.4) is 0 Å². The molecule has 0 radical (unpaired) electrons. The van der Waals surface area contributed by atoms with Gasteiger partial charge in [0.2, 0.25) is 0 Å². The molecule has 1 saturated heterocycles. The highest BCUT2D eigenvalue weighted by molar-refractivity contribution is 7.91. The summed E-state index contributed by atoms with van der Waals surface area (Å²) in [7, 11) is -3.03. The van der Waals surface area contributed by atoms with E-state index < -0.39 is 9.84 Å². The van der Waals surface area contributed by atoms with Crippen molar-refractivity contribution in [2.24, 2.45) is 0 Å². The van der Waals surface area contributed by atoms with Crippen molar-refractivity contribution in [1.29, 1.82) is 0 Å². The minimum absolute atomic E-state index is 0.0788. The predicted molar refractivity (Wildman–Crippen MR) is 135 cm³/mol. The van der Waals surface area contributed by atoms with Crippen LogP contribution in [0.5, 0.6) is 11.8 Å². The first-order valence-corrected chi connectivity index (χ1v) is 13.7. The number of hydrogen-bond acceptors (Lipinski definition) is 8. The van der Waals surface area contributed by atoms with E-state index in [4.69, 9.17) is 16.3 Å². The van der Waals surface area contributed by atoms with E-state index in [1.807, 2.05) is 30.0 Å². The first-order chi connectivity index (χ1) is 16.8. The van der Waals surface area contributed by atoms with E-state index in [1.165, 1.54) is 12.8 Å². The summed E-state index contributed by atoms with van der Waals surface area (Å²) >= 11 is 6.63. The second-order valence-corrected chi connectivity index (χ2v) is 11.7. The van der Waals surface area contributed by atoms with Gasteiger partial charge >= 0.3 is 6.01 Å². The van der Waals surface area contributed by atoms with Gasteiger partial charge in [0.1, 0.15) is 17.4 Å². The van der Waals surface area contributed by atoms with Gasteiger partial charge in [-0.3, -0.25) is 5.10 Å². The Morgan fingerprint density at radius 1 is 1.11 bits per heavy atom. The molecule has 3 aromatic heterocycles. The van der Waals surface area contributed by atoms with Crippen LogP contribution in [0.25, 0.3) is 10.9 Å². The number of rotatable bonds is 6. The number of benzene rings is 1. The Morgan fingerprint density at radius 2 is 1.91 bits per heavy atom. The molecule has 182 valence electrons. The van der Waals surface area contributed by atoms with Crippen LogP contribution >= 0.6 is 11.6 Å². The summed E-state index contributed by atoms with van der Waals surface area (Å²) in [5.41, 5.74) is 3.01. The standard InChI is InChI=1S/C23H24ClN7O3S/c1-13-10-15-16(25-13)4-5-18(22(15)24)34-23-27-19(26-20-11-17(29-30-20)14-2-3-14)12-21(28-23)31-6-8-35(32,33)9-7-31/h4-5,10-12,14,25H,2-3,6-9H2,1H3,(H2,26,27,28,29,30). The molecule has 0 bridgehead atoms. The maximum atomic E-state index is 11.9. The lowest BCUT2D eigenvalue weighted by molar-refractivity contribution is 0.443. The molecular formula is C23H24ClN7O3S. The van der Waals surface area contributed by atoms with Crippen LogP contribution in [0.1, 0.15) is 30.1 Å². The van der Waals surface area contributed by atoms with Crippen LogP contribution in [0.15, 0.2) is 30.3 Å². The number of aryl methyl sites for hydroxylation is 1. The summed E-state index contributed by atoms with van der Waals surface area (Å²) in [5.74, 6) is 2.83. The van der Waals surface area contributed by atoms with Crippen molar-refractivity contribution >= 4 is 49.8 Å². The lowest BCUT2D eigenvalue weighted by Gasteiger charge is -2.28. The molecule has 1 saturated carbocycles. The molecule has 1 aliphatic heterocycles. The fraction of sp³-hybridized carbons (Fsp3) is 0.348. The first kappa shape index (κ1) is 22.2. The Balaban J connectivity index is 1.33. The van der Waals surface area contributed by atoms with Gasteiger partial charge in [0, 0.05) is 53.4 Å². The minimum Gasteiger partial charge on any atom is -0.423 e. The number of sulfone groups is 1. The molecule has 12 heteroatoms. The van der Waals surface area contributed by atoms with Gasteiger partial charge < -0.3 is 19.9 Å². The third kappa shape index (κ3) is 4.65. The number of halogens is 1. The van der Waals surface area contributed by atoms with E-state index in [9.17, 15) is 8.42 Å². The molecule has 0 amide bonds. The fourth-order valence-corrected chi connectivity index (χ4v) is 5.69. The van der Waals surface area contributed by atoms with Crippen molar-refractivity contribution in [2.75, 3.05) is 34.8 Å². The number of ether oxygens (including phenoxy) is 1. The van der Waals surface area contributed by atoms with Crippen LogP contribution in [0, 0.1) is 6.92 Å². The highest BCUT2D eigenvalue weighted by Gasteiger charge is 2.26. The molecule has 4 aromatic rings. The number of nitrogens with zero attached hydrogens (tertiary/aromatic N) is 4. The quantitative estimate of drug-likeness (QED) is 0.348. The molecule has 1 aliphatic carbocycles. The van der Waals surface area contributed by atoms with E-state index >= 15 is 0 Å². The molecule has 3 N–H and O–H groups in total. The molecule has 0 unspecified atom stereocenters. The smallest absolute Gasteiger partial charge is 0.325 e. The molecule has 10 nitrogen and oxygen atoms in total. The van der Waals surface area contributed by atoms with Crippen molar-refractivity contribution < 1.29 is 13.2 Å². The normalized spacial score (nSPS) is 17.6. The summed E-state index contributed by atoms with van der Waals surface area (Å²) in [5, 5.41) is 11.9. The second kappa shape index (κ2) is 8.42. The molecule has 0 spiro atoms. The van der Waals surface area contributed by atoms with E-state index in [1.54, 1.807) is 12.1 Å². The Labute approximate surface area is 207 Å². The highest BCUT2D eigenvalue weighted by atomic mass is 35.5. The molecule has 0 atom stereocenters. The van der Waals surface area contributed by atoms with Crippen LogP contribution in [-0.2, 0) is 9.84 Å². The van der Waals surface area contributed by atoms with E-state index in [-0.39, 0.29) is 17.5 Å². The minimum atomic E-state index is -3.03. The van der Waals surface area contributed by atoms with Gasteiger partial charge in [0.25, 0.3) is 0 Å². The summed E-state index contributed by atoms with van der Waals surface area (Å²) in [6.07, 6.45) is 2.34. The molecule has 2 fully saturated rings. The van der Waals surface area contributed by atoms with E-state index in [0.29, 0.717) is 47.2 Å². The van der Waals surface area contributed by atoms with Crippen molar-refractivity contribution in [3.05, 3.63) is 46.7 Å². The topological polar surface area (TPSA) is 129 Å². The average molecular weight is 514 g/mol. The van der Waals surface area contributed by atoms with E-state index in [2.05, 4.69) is 30.5 Å². The van der Waals surface area contributed by atoms with Gasteiger partial charge in [-0.1, -0.05) is 11.6 Å². The number of H-pyrrole nitrogens is 2. The lowest BCUT2D eigenvalue weighted by atomic mass is 10.2. The molecule has 2 aliphatic rings. The monoisotopic (exact) mass is 513 g/mol. The van der Waals surface area contributed by atoms with E-state index in [0.717, 1.165) is 22.3 Å². The lowest BCUT2D eigenvalue weighted by Crippen LogP contribution is -2.40. The van der Waals surface area contributed by atoms with Gasteiger partial charge in [0.15, 0.2) is 15.7 Å². The zero-order valence-electron chi connectivity index (χ0n) is 19.0. The number of fused-ring (bicyclic) bond motifs is 1. The summed E-state index contributed by atoms with van der Waals surface area (Å²) < 4.78 is 29.9. The van der Waals surface area contributed by atoms with Gasteiger partial charge in [-0.05, 0) is 38.0 Å². The third-order valence-electron chi connectivity index (χ3n) is 6.27. The van der Waals surface area contributed by atoms with Crippen molar-refractivity contribution in [3.63, 3.8) is 0 Å². The fourth-order valence-electron chi connectivity index (χ4n) is 4.23. The van der Waals surface area contributed by atoms with Crippen LogP contribution in [0.2, 0.25) is 5.02 Å². The SMILES string of the molecule is Cc1cc2c(Cl)c(Oc3nc(Nc4cc(C5CC5)[nH]n4)cc(N4CCS(=O)(=O)CC4)n3)ccc2[nH]1. The number of anilines is 3. The van der Waals surface area contributed by atoms with Gasteiger partial charge in [-0.25, -0.2) is 8.42 Å². The number of aromatic nitrogens is 5. The maximum absolute atomic E-state index is 11.9. The summed E-state index contributed by atoms with van der Waals surface area (Å²) in [6, 6.07) is 9.48. The first-order valence-electron chi connectivity index (χ1n) is 11.5. The molecule has 4 heterocycles. The van der Waals surface area contributed by atoms with Crippen LogP contribution in [0.4, 0.5) is 17.5 Å². The second-order valence-electron chi connectivity index (χ2n) is 9.03. The van der Waals surface area contributed by atoms with Crippen LogP contribution in [-0.4, -0.2) is 58.2 Å². The van der Waals surface area contributed by atoms with Crippen molar-refractivity contribution in [3.8, 4) is 11.8 Å². The zero-order valence-corrected chi connectivity index (χ0v) is 20.6. The highest BCUT2D eigenvalue weighted by Crippen LogP contribution is 2.40. The number of nitrogens with one attached hydrogen (secondary N) is 3. The third-order valence-corrected chi connectivity index (χ3v) is 8.27. The number of hydrogen-bond donors (Lipinski definition) is 3. The summed E-state index contributed by atoms with van der Waals surface area (Å²) in [4.78, 5) is 14.3. The Morgan fingerprint density at radius 3 is 2.69 bits per heavy atom. The van der Waals surface area contributed by atoms with Crippen molar-refractivity contribution in [2.45, 2.75) is 25.7 Å².